The van der Waals surface area contributed by atoms with Gasteiger partial charge in [0.25, 0.3) is 0 Å². The van der Waals surface area contributed by atoms with Gasteiger partial charge in [0.2, 0.25) is 0 Å². The fourth-order valence-corrected chi connectivity index (χ4v) is 5.54. The van der Waals surface area contributed by atoms with Crippen molar-refractivity contribution in [3.05, 3.63) is 42.4 Å². The number of guanidine groups is 1. The van der Waals surface area contributed by atoms with Gasteiger partial charge in [-0.25, -0.2) is 9.55 Å². The Hall–Kier alpha value is -3.80. The normalized spacial score (nSPS) is 24.2. The fourth-order valence-electron chi connectivity index (χ4n) is 4.03. The maximum atomic E-state index is 13.8. The summed E-state index contributed by atoms with van der Waals surface area (Å²) in [5.74, 6) is -1.41. The van der Waals surface area contributed by atoms with Gasteiger partial charge in [-0.15, -0.1) is 0 Å². The first-order chi connectivity index (χ1) is 19.2. The second kappa shape index (κ2) is 12.8. The smallest absolute Gasteiger partial charge is 0.459 e. The van der Waals surface area contributed by atoms with Crippen LogP contribution >= 0.6 is 7.75 Å². The van der Waals surface area contributed by atoms with E-state index < -0.39 is 62.1 Å². The lowest BCUT2D eigenvalue weighted by Gasteiger charge is -2.26. The molecule has 1 saturated heterocycles. The number of ketones is 1. The predicted octanol–water partition coefficient (Wildman–Crippen LogP) is 1.91. The third-order valence-electron chi connectivity index (χ3n) is 6.05. The van der Waals surface area contributed by atoms with Crippen LogP contribution in [0.4, 0.5) is 5.82 Å². The first-order valence-electron chi connectivity index (χ1n) is 12.6. The third-order valence-corrected chi connectivity index (χ3v) is 7.69. The Morgan fingerprint density at radius 1 is 1.32 bits per heavy atom. The number of imidazole rings is 1. The lowest BCUT2D eigenvalue weighted by Crippen LogP contribution is -2.39. The Morgan fingerprint density at radius 3 is 2.54 bits per heavy atom. The Labute approximate surface area is 237 Å². The number of Topliss-reactive ketones (excluding diaryl/α,β-unsaturated/α-hetero) is 1. The van der Waals surface area contributed by atoms with E-state index in [-0.39, 0.29) is 23.2 Å². The van der Waals surface area contributed by atoms with Crippen LogP contribution in [0.15, 0.2) is 41.7 Å². The number of esters is 1. The van der Waals surface area contributed by atoms with Crippen LogP contribution in [0.5, 0.6) is 5.75 Å². The number of carbonyl (C=O) groups excluding carboxylic acids is 2. The van der Waals surface area contributed by atoms with E-state index in [1.165, 1.54) is 43.8 Å². The van der Waals surface area contributed by atoms with Gasteiger partial charge < -0.3 is 30.6 Å². The Kier molecular flexibility index (Phi) is 9.90. The van der Waals surface area contributed by atoms with E-state index in [2.05, 4.69) is 15.1 Å². The number of aromatic nitrogens is 2. The molecule has 6 atom stereocenters. The summed E-state index contributed by atoms with van der Waals surface area (Å²) in [6, 6.07) is 9.04. The number of aliphatic hydroxyl groups excluding tert-OH is 1. The number of aliphatic hydroxyl groups is 1. The van der Waals surface area contributed by atoms with Crippen molar-refractivity contribution < 1.29 is 37.8 Å². The summed E-state index contributed by atoms with van der Waals surface area (Å²) in [6.45, 7) is 6.91. The molecule has 2 aromatic rings. The molecule has 0 amide bonds. The third kappa shape index (κ3) is 7.29. The number of benzene rings is 1. The predicted molar refractivity (Wildman–Crippen MR) is 146 cm³/mol. The number of para-hydroxylation sites is 1. The average Bonchev–Trinajstić information content (AvgIpc) is 3.41. The van der Waals surface area contributed by atoms with E-state index in [1.54, 1.807) is 32.0 Å². The molecule has 0 saturated carbocycles. The molecule has 0 radical (unpaired) electrons. The van der Waals surface area contributed by atoms with Crippen molar-refractivity contribution in [1.29, 1.82) is 5.26 Å². The van der Waals surface area contributed by atoms with Gasteiger partial charge in [-0.05, 0) is 39.8 Å². The number of rotatable bonds is 12. The molecular weight excluding hydrogens is 557 g/mol. The van der Waals surface area contributed by atoms with Crippen molar-refractivity contribution in [2.45, 2.75) is 65.2 Å². The zero-order valence-electron chi connectivity index (χ0n) is 23.3. The minimum Gasteiger partial charge on any atom is -0.462 e. The number of hydrogen-bond donors (Lipinski definition) is 4. The standard InChI is InChI=1S/C25H34N7O8P/c1-14(2)38-22(35)15(3)31-41(36,40-17-9-7-6-8-10-17)37-11-18-20(34)25(5,12-26)23(39-18)32-13-29-19(16(4)33)21(32)30-24(27)28/h6-10,13-15,18,20,23,34H,11H2,1-5H3,(H,31,36)(H4,27,28,30). The molecule has 3 rings (SSSR count). The van der Waals surface area contributed by atoms with Crippen LogP contribution in [0, 0.1) is 16.7 Å². The Morgan fingerprint density at radius 2 is 1.98 bits per heavy atom. The van der Waals surface area contributed by atoms with Gasteiger partial charge in [-0.2, -0.15) is 15.3 Å². The number of nitriles is 1. The highest BCUT2D eigenvalue weighted by Gasteiger charge is 2.56. The molecule has 41 heavy (non-hydrogen) atoms. The number of carbonyl (C=O) groups is 2. The molecule has 1 aromatic heterocycles. The average molecular weight is 592 g/mol. The van der Waals surface area contributed by atoms with Gasteiger partial charge >= 0.3 is 13.7 Å². The molecule has 0 spiro atoms. The zero-order chi connectivity index (χ0) is 30.5. The number of nitrogens with zero attached hydrogens (tertiary/aromatic N) is 4. The SMILES string of the molecule is CC(=O)c1ncn(C2OC(COP(=O)(NC(C)C(=O)OC(C)C)Oc3ccccc3)C(O)C2(C)C#N)c1N=C(N)N. The van der Waals surface area contributed by atoms with Crippen LogP contribution in [0.2, 0.25) is 0 Å². The Balaban J connectivity index is 1.90. The summed E-state index contributed by atoms with van der Waals surface area (Å²) >= 11 is 0. The summed E-state index contributed by atoms with van der Waals surface area (Å²) in [7, 11) is -4.30. The fraction of sp³-hybridized carbons (Fsp3) is 0.480. The van der Waals surface area contributed by atoms with E-state index in [0.29, 0.717) is 0 Å². The molecule has 0 aliphatic carbocycles. The van der Waals surface area contributed by atoms with E-state index in [9.17, 15) is 24.5 Å². The highest BCUT2D eigenvalue weighted by atomic mass is 31.2. The van der Waals surface area contributed by atoms with Crippen molar-refractivity contribution in [3.8, 4) is 11.8 Å². The van der Waals surface area contributed by atoms with Crippen LogP contribution in [0.3, 0.4) is 0 Å². The van der Waals surface area contributed by atoms with Crippen LogP contribution in [0.25, 0.3) is 0 Å². The molecule has 15 nitrogen and oxygen atoms in total. The van der Waals surface area contributed by atoms with Crippen LogP contribution in [0.1, 0.15) is 51.3 Å². The van der Waals surface area contributed by atoms with Gasteiger partial charge in [0, 0.05) is 6.92 Å². The maximum absolute atomic E-state index is 13.8. The molecule has 6 unspecified atom stereocenters. The monoisotopic (exact) mass is 591 g/mol. The second-order valence-electron chi connectivity index (χ2n) is 9.82. The molecule has 222 valence electrons. The Bertz CT molecular complexity index is 1370. The van der Waals surface area contributed by atoms with Gasteiger partial charge in [0.1, 0.15) is 29.4 Å². The van der Waals surface area contributed by atoms with E-state index >= 15 is 0 Å². The molecular formula is C25H34N7O8P. The first-order valence-corrected chi connectivity index (χ1v) is 14.1. The van der Waals surface area contributed by atoms with Gasteiger partial charge in [-0.3, -0.25) is 18.7 Å². The molecule has 0 bridgehead atoms. The maximum Gasteiger partial charge on any atom is 0.459 e. The number of nitrogens with one attached hydrogen (secondary N) is 1. The van der Waals surface area contributed by atoms with Gasteiger partial charge in [-0.1, -0.05) is 18.2 Å². The van der Waals surface area contributed by atoms with Gasteiger partial charge in [0.05, 0.1) is 25.1 Å². The molecule has 2 heterocycles. The zero-order valence-corrected chi connectivity index (χ0v) is 24.1. The second-order valence-corrected chi connectivity index (χ2v) is 11.5. The van der Waals surface area contributed by atoms with E-state index in [4.69, 9.17) is 30.0 Å². The molecule has 6 N–H and O–H groups in total. The summed E-state index contributed by atoms with van der Waals surface area (Å²) in [5.41, 5.74) is 9.37. The van der Waals surface area contributed by atoms with Crippen molar-refractivity contribution in [2.75, 3.05) is 6.61 Å². The number of nitrogens with two attached hydrogens (primary N) is 2. The number of aliphatic imine (C=N–C) groups is 1. The van der Waals surface area contributed by atoms with Crippen LogP contribution in [-0.2, 0) is 23.4 Å². The van der Waals surface area contributed by atoms with Crippen molar-refractivity contribution >= 4 is 31.3 Å². The van der Waals surface area contributed by atoms with Crippen molar-refractivity contribution in [1.82, 2.24) is 14.6 Å². The summed E-state index contributed by atoms with van der Waals surface area (Å²) in [6.07, 6.45) is -3.16. The number of ether oxygens (including phenoxy) is 2. The van der Waals surface area contributed by atoms with Crippen LogP contribution in [-0.4, -0.2) is 63.3 Å². The largest absolute Gasteiger partial charge is 0.462 e. The van der Waals surface area contributed by atoms with Crippen LogP contribution < -0.4 is 21.1 Å². The minimum atomic E-state index is -4.30. The highest BCUT2D eigenvalue weighted by molar-refractivity contribution is 7.52. The minimum absolute atomic E-state index is 0.0741. The van der Waals surface area contributed by atoms with E-state index in [1.807, 2.05) is 6.07 Å². The quantitative estimate of drug-likeness (QED) is 0.0910. The van der Waals surface area contributed by atoms with Crippen molar-refractivity contribution in [3.63, 3.8) is 0 Å². The van der Waals surface area contributed by atoms with Gasteiger partial charge in [0.15, 0.2) is 29.5 Å². The molecule has 1 aliphatic rings. The summed E-state index contributed by atoms with van der Waals surface area (Å²) < 4.78 is 37.5. The van der Waals surface area contributed by atoms with E-state index in [0.717, 1.165) is 0 Å². The lowest BCUT2D eigenvalue weighted by molar-refractivity contribution is -0.149. The molecule has 1 fully saturated rings. The topological polar surface area (TPSA) is 226 Å². The summed E-state index contributed by atoms with van der Waals surface area (Å²) in [5, 5.41) is 23.7. The first kappa shape index (κ1) is 31.7. The number of hydrogen-bond acceptors (Lipinski definition) is 11. The molecule has 1 aliphatic heterocycles. The summed E-state index contributed by atoms with van der Waals surface area (Å²) in [4.78, 5) is 32.5. The van der Waals surface area contributed by atoms with Crippen molar-refractivity contribution in [2.24, 2.45) is 21.9 Å². The molecule has 16 heteroatoms. The highest BCUT2D eigenvalue weighted by Crippen LogP contribution is 2.50. The molecule has 1 aromatic carbocycles. The lowest BCUT2D eigenvalue weighted by atomic mass is 9.84.